The molecule has 1 aromatic carbocycles. The van der Waals surface area contributed by atoms with Gasteiger partial charge in [-0.15, -0.1) is 0 Å². The molecular formula is C9H11N3O2. The molecule has 0 heterocycles. The van der Waals surface area contributed by atoms with E-state index in [1.54, 1.807) is 18.2 Å². The van der Waals surface area contributed by atoms with E-state index in [2.05, 4.69) is 5.32 Å². The van der Waals surface area contributed by atoms with Crippen molar-refractivity contribution in [2.45, 2.75) is 0 Å². The van der Waals surface area contributed by atoms with Gasteiger partial charge in [0.25, 0.3) is 5.91 Å². The first-order valence-corrected chi connectivity index (χ1v) is 4.01. The molecule has 0 saturated heterocycles. The van der Waals surface area contributed by atoms with Gasteiger partial charge in [-0.2, -0.15) is 0 Å². The van der Waals surface area contributed by atoms with Crippen molar-refractivity contribution in [2.75, 3.05) is 12.3 Å². The van der Waals surface area contributed by atoms with Gasteiger partial charge in [-0.1, -0.05) is 6.07 Å². The van der Waals surface area contributed by atoms with Crippen molar-refractivity contribution in [3.63, 3.8) is 0 Å². The average Bonchev–Trinajstić information content (AvgIpc) is 2.14. The summed E-state index contributed by atoms with van der Waals surface area (Å²) >= 11 is 0. The highest BCUT2D eigenvalue weighted by atomic mass is 16.2. The number of nitrogens with two attached hydrogens (primary N) is 2. The molecule has 5 N–H and O–H groups in total. The Morgan fingerprint density at radius 1 is 1.36 bits per heavy atom. The summed E-state index contributed by atoms with van der Waals surface area (Å²) < 4.78 is 0. The van der Waals surface area contributed by atoms with E-state index in [0.717, 1.165) is 0 Å². The molecule has 5 nitrogen and oxygen atoms in total. The number of rotatable bonds is 3. The molecule has 0 atom stereocenters. The molecule has 2 amide bonds. The predicted octanol–water partition coefficient (Wildman–Crippen LogP) is -0.516. The zero-order valence-corrected chi connectivity index (χ0v) is 7.49. The minimum atomic E-state index is -0.581. The number of nitrogens with one attached hydrogen (secondary N) is 1. The number of amides is 2. The van der Waals surface area contributed by atoms with Crippen molar-refractivity contribution in [1.82, 2.24) is 5.32 Å². The van der Waals surface area contributed by atoms with Crippen LogP contribution < -0.4 is 16.8 Å². The van der Waals surface area contributed by atoms with E-state index in [0.29, 0.717) is 11.3 Å². The number of benzene rings is 1. The number of carbonyl (C=O) groups is 2. The number of primary amides is 1. The van der Waals surface area contributed by atoms with Gasteiger partial charge in [-0.05, 0) is 18.2 Å². The fraction of sp³-hybridized carbons (Fsp3) is 0.111. The fourth-order valence-electron chi connectivity index (χ4n) is 0.949. The molecular weight excluding hydrogens is 182 g/mol. The van der Waals surface area contributed by atoms with Crippen LogP contribution in [0, 0.1) is 0 Å². The normalized spacial score (nSPS) is 9.43. The van der Waals surface area contributed by atoms with Gasteiger partial charge in [0.2, 0.25) is 5.91 Å². The van der Waals surface area contributed by atoms with Crippen LogP contribution in [0.3, 0.4) is 0 Å². The van der Waals surface area contributed by atoms with E-state index in [-0.39, 0.29) is 12.5 Å². The van der Waals surface area contributed by atoms with Crippen LogP contribution in [0.4, 0.5) is 5.69 Å². The summed E-state index contributed by atoms with van der Waals surface area (Å²) in [7, 11) is 0. The molecule has 0 unspecified atom stereocenters. The molecule has 0 spiro atoms. The standard InChI is InChI=1S/C9H11N3O2/c10-7-3-1-2-6(4-7)9(14)12-5-8(11)13/h1-4H,5,10H2,(H2,11,13)(H,12,14). The van der Waals surface area contributed by atoms with Gasteiger partial charge in [0.1, 0.15) is 0 Å². The quantitative estimate of drug-likeness (QED) is 0.563. The van der Waals surface area contributed by atoms with Gasteiger partial charge in [0.05, 0.1) is 6.54 Å². The highest BCUT2D eigenvalue weighted by Gasteiger charge is 2.05. The Morgan fingerprint density at radius 3 is 2.64 bits per heavy atom. The van der Waals surface area contributed by atoms with E-state index >= 15 is 0 Å². The van der Waals surface area contributed by atoms with Crippen molar-refractivity contribution >= 4 is 17.5 Å². The molecule has 5 heteroatoms. The Kier molecular flexibility index (Phi) is 3.06. The van der Waals surface area contributed by atoms with Gasteiger partial charge in [-0.3, -0.25) is 9.59 Å². The Balaban J connectivity index is 2.65. The highest BCUT2D eigenvalue weighted by Crippen LogP contribution is 2.05. The third kappa shape index (κ3) is 2.78. The van der Waals surface area contributed by atoms with Crippen molar-refractivity contribution < 1.29 is 9.59 Å². The van der Waals surface area contributed by atoms with Crippen LogP contribution in [0.25, 0.3) is 0 Å². The Bertz CT molecular complexity index is 363. The third-order valence-electron chi connectivity index (χ3n) is 1.57. The lowest BCUT2D eigenvalue weighted by molar-refractivity contribution is -0.117. The van der Waals surface area contributed by atoms with Crippen LogP contribution in [-0.4, -0.2) is 18.4 Å². The second-order valence-electron chi connectivity index (χ2n) is 2.77. The molecule has 0 fully saturated rings. The number of hydrogen-bond acceptors (Lipinski definition) is 3. The first-order chi connectivity index (χ1) is 6.59. The van der Waals surface area contributed by atoms with E-state index in [4.69, 9.17) is 11.5 Å². The van der Waals surface area contributed by atoms with Crippen molar-refractivity contribution in [1.29, 1.82) is 0 Å². The molecule has 0 aliphatic rings. The molecule has 0 bridgehead atoms. The molecule has 0 aliphatic carbocycles. The summed E-state index contributed by atoms with van der Waals surface area (Å²) in [5, 5.41) is 2.36. The minimum absolute atomic E-state index is 0.173. The van der Waals surface area contributed by atoms with Crippen molar-refractivity contribution in [3.8, 4) is 0 Å². The lowest BCUT2D eigenvalue weighted by atomic mass is 10.2. The summed E-state index contributed by atoms with van der Waals surface area (Å²) in [6, 6.07) is 6.46. The molecule has 0 radical (unpaired) electrons. The summed E-state index contributed by atoms with van der Waals surface area (Å²) in [5.74, 6) is -0.946. The summed E-state index contributed by atoms with van der Waals surface area (Å²) in [5.41, 5.74) is 11.3. The second kappa shape index (κ2) is 4.27. The van der Waals surface area contributed by atoms with Crippen LogP contribution in [0.15, 0.2) is 24.3 Å². The lowest BCUT2D eigenvalue weighted by Crippen LogP contribution is -2.33. The molecule has 1 aromatic rings. The minimum Gasteiger partial charge on any atom is -0.399 e. The predicted molar refractivity (Wildman–Crippen MR) is 52.4 cm³/mol. The van der Waals surface area contributed by atoms with Gasteiger partial charge in [0, 0.05) is 11.3 Å². The SMILES string of the molecule is NC(=O)CNC(=O)c1cccc(N)c1. The zero-order valence-electron chi connectivity index (χ0n) is 7.49. The lowest BCUT2D eigenvalue weighted by Gasteiger charge is -2.02. The van der Waals surface area contributed by atoms with Crippen LogP contribution in [-0.2, 0) is 4.79 Å². The molecule has 1 rings (SSSR count). The Hall–Kier alpha value is -2.04. The maximum Gasteiger partial charge on any atom is 0.251 e. The van der Waals surface area contributed by atoms with Gasteiger partial charge >= 0.3 is 0 Å². The van der Waals surface area contributed by atoms with Gasteiger partial charge < -0.3 is 16.8 Å². The van der Waals surface area contributed by atoms with E-state index in [9.17, 15) is 9.59 Å². The fourth-order valence-corrected chi connectivity index (χ4v) is 0.949. The number of nitrogen functional groups attached to an aromatic ring is 1. The summed E-state index contributed by atoms with van der Waals surface area (Å²) in [4.78, 5) is 21.7. The van der Waals surface area contributed by atoms with Crippen LogP contribution in [0.2, 0.25) is 0 Å². The largest absolute Gasteiger partial charge is 0.399 e. The van der Waals surface area contributed by atoms with Crippen molar-refractivity contribution in [2.24, 2.45) is 5.73 Å². The van der Waals surface area contributed by atoms with Gasteiger partial charge in [0.15, 0.2) is 0 Å². The highest BCUT2D eigenvalue weighted by molar-refractivity contribution is 5.96. The maximum atomic E-state index is 11.3. The van der Waals surface area contributed by atoms with E-state index in [1.165, 1.54) is 6.07 Å². The van der Waals surface area contributed by atoms with Crippen LogP contribution in [0.1, 0.15) is 10.4 Å². The summed E-state index contributed by atoms with van der Waals surface area (Å²) in [6.07, 6.45) is 0. The van der Waals surface area contributed by atoms with Crippen LogP contribution in [0.5, 0.6) is 0 Å². The number of anilines is 1. The third-order valence-corrected chi connectivity index (χ3v) is 1.57. The molecule has 0 saturated carbocycles. The topological polar surface area (TPSA) is 98.2 Å². The molecule has 74 valence electrons. The zero-order chi connectivity index (χ0) is 10.6. The first kappa shape index (κ1) is 10.0. The van der Waals surface area contributed by atoms with Crippen LogP contribution >= 0.6 is 0 Å². The summed E-state index contributed by atoms with van der Waals surface area (Å²) in [6.45, 7) is -0.173. The smallest absolute Gasteiger partial charge is 0.251 e. The Labute approximate surface area is 81.1 Å². The van der Waals surface area contributed by atoms with E-state index < -0.39 is 5.91 Å². The monoisotopic (exact) mass is 193 g/mol. The van der Waals surface area contributed by atoms with E-state index in [1.807, 2.05) is 0 Å². The number of hydrogen-bond donors (Lipinski definition) is 3. The molecule has 0 aromatic heterocycles. The number of carbonyl (C=O) groups excluding carboxylic acids is 2. The second-order valence-corrected chi connectivity index (χ2v) is 2.77. The average molecular weight is 193 g/mol. The maximum absolute atomic E-state index is 11.3. The van der Waals surface area contributed by atoms with Crippen molar-refractivity contribution in [3.05, 3.63) is 29.8 Å². The molecule has 14 heavy (non-hydrogen) atoms. The first-order valence-electron chi connectivity index (χ1n) is 4.01. The van der Waals surface area contributed by atoms with Gasteiger partial charge in [-0.25, -0.2) is 0 Å². The molecule has 0 aliphatic heterocycles. The Morgan fingerprint density at radius 2 is 2.07 bits per heavy atom.